The van der Waals surface area contributed by atoms with Crippen molar-refractivity contribution >= 4 is 6.29 Å². The maximum Gasteiger partial charge on any atom is 0.150 e. The minimum Gasteiger partial charge on any atom is -0.494 e. The van der Waals surface area contributed by atoms with Crippen molar-refractivity contribution in [1.82, 2.24) is 9.80 Å². The Morgan fingerprint density at radius 1 is 1.09 bits per heavy atom. The SMILES string of the molecule is O=Cc1ccc(OCCCCN2CCN3CCCCC3C2)cc1. The van der Waals surface area contributed by atoms with E-state index in [2.05, 4.69) is 9.80 Å². The number of fused-ring (bicyclic) bond motifs is 1. The summed E-state index contributed by atoms with van der Waals surface area (Å²) in [5.41, 5.74) is 0.694. The van der Waals surface area contributed by atoms with Crippen LogP contribution in [0.4, 0.5) is 0 Å². The van der Waals surface area contributed by atoms with Gasteiger partial charge in [-0.1, -0.05) is 6.42 Å². The lowest BCUT2D eigenvalue weighted by Crippen LogP contribution is -2.54. The molecular weight excluding hydrogens is 288 g/mol. The van der Waals surface area contributed by atoms with Crippen LogP contribution in [0.15, 0.2) is 24.3 Å². The second-order valence-electron chi connectivity index (χ2n) is 6.73. The molecule has 0 amide bonds. The molecule has 1 aromatic rings. The predicted octanol–water partition coefficient (Wildman–Crippen LogP) is 2.83. The highest BCUT2D eigenvalue weighted by Gasteiger charge is 2.28. The lowest BCUT2D eigenvalue weighted by molar-refractivity contribution is 0.0482. The molecule has 4 nitrogen and oxygen atoms in total. The molecule has 3 rings (SSSR count). The second kappa shape index (κ2) is 8.46. The van der Waals surface area contributed by atoms with Crippen LogP contribution < -0.4 is 4.74 Å². The van der Waals surface area contributed by atoms with Crippen molar-refractivity contribution in [1.29, 1.82) is 0 Å². The Balaban J connectivity index is 1.30. The first-order valence-electron chi connectivity index (χ1n) is 8.99. The number of benzene rings is 1. The van der Waals surface area contributed by atoms with Gasteiger partial charge in [-0.15, -0.1) is 0 Å². The van der Waals surface area contributed by atoms with E-state index in [0.29, 0.717) is 5.56 Å². The van der Waals surface area contributed by atoms with E-state index < -0.39 is 0 Å². The minimum atomic E-state index is 0.694. The van der Waals surface area contributed by atoms with Crippen molar-refractivity contribution in [2.45, 2.75) is 38.1 Å². The quantitative estimate of drug-likeness (QED) is 0.572. The fourth-order valence-corrected chi connectivity index (χ4v) is 3.69. The second-order valence-corrected chi connectivity index (χ2v) is 6.73. The van der Waals surface area contributed by atoms with E-state index in [4.69, 9.17) is 4.74 Å². The summed E-state index contributed by atoms with van der Waals surface area (Å²) in [4.78, 5) is 15.9. The van der Waals surface area contributed by atoms with Gasteiger partial charge in [0.05, 0.1) is 6.61 Å². The predicted molar refractivity (Wildman–Crippen MR) is 92.2 cm³/mol. The van der Waals surface area contributed by atoms with Crippen LogP contribution in [0.2, 0.25) is 0 Å². The van der Waals surface area contributed by atoms with E-state index in [9.17, 15) is 4.79 Å². The number of hydrogen-bond donors (Lipinski definition) is 0. The Labute approximate surface area is 139 Å². The number of nitrogens with zero attached hydrogens (tertiary/aromatic N) is 2. The topological polar surface area (TPSA) is 32.8 Å². The Hall–Kier alpha value is -1.39. The van der Waals surface area contributed by atoms with Gasteiger partial charge in [-0.3, -0.25) is 9.69 Å². The first kappa shape index (κ1) is 16.5. The normalized spacial score (nSPS) is 22.5. The maximum absolute atomic E-state index is 10.6. The van der Waals surface area contributed by atoms with E-state index in [1.807, 2.05) is 12.1 Å². The van der Waals surface area contributed by atoms with Crippen molar-refractivity contribution in [2.24, 2.45) is 0 Å². The Bertz CT molecular complexity index is 489. The number of carbonyl (C=O) groups is 1. The molecule has 2 fully saturated rings. The van der Waals surface area contributed by atoms with E-state index in [1.54, 1.807) is 12.1 Å². The van der Waals surface area contributed by atoms with Crippen molar-refractivity contribution in [2.75, 3.05) is 39.3 Å². The molecule has 0 spiro atoms. The lowest BCUT2D eigenvalue weighted by Gasteiger charge is -2.44. The van der Waals surface area contributed by atoms with Gasteiger partial charge in [0.15, 0.2) is 0 Å². The molecule has 2 aliphatic rings. The molecule has 0 saturated carbocycles. The molecule has 0 bridgehead atoms. The van der Waals surface area contributed by atoms with E-state index in [-0.39, 0.29) is 0 Å². The third-order valence-corrected chi connectivity index (χ3v) is 5.08. The van der Waals surface area contributed by atoms with Crippen LogP contribution in [0.3, 0.4) is 0 Å². The molecule has 0 N–H and O–H groups in total. The first-order valence-corrected chi connectivity index (χ1v) is 8.99. The fraction of sp³-hybridized carbons (Fsp3) is 0.632. The Morgan fingerprint density at radius 2 is 1.96 bits per heavy atom. The molecule has 0 radical (unpaired) electrons. The van der Waals surface area contributed by atoms with Gasteiger partial charge in [-0.25, -0.2) is 0 Å². The lowest BCUT2D eigenvalue weighted by atomic mass is 9.99. The highest BCUT2D eigenvalue weighted by atomic mass is 16.5. The van der Waals surface area contributed by atoms with Gasteiger partial charge < -0.3 is 9.64 Å². The monoisotopic (exact) mass is 316 g/mol. The number of rotatable bonds is 7. The van der Waals surface area contributed by atoms with Crippen molar-refractivity contribution in [3.63, 3.8) is 0 Å². The van der Waals surface area contributed by atoms with Crippen LogP contribution in [0, 0.1) is 0 Å². The van der Waals surface area contributed by atoms with E-state index in [0.717, 1.165) is 31.1 Å². The number of piperazine rings is 1. The number of hydrogen-bond acceptors (Lipinski definition) is 4. The number of carbonyl (C=O) groups excluding carboxylic acids is 1. The molecule has 0 aromatic heterocycles. The number of piperidine rings is 1. The summed E-state index contributed by atoms with van der Waals surface area (Å²) < 4.78 is 5.74. The van der Waals surface area contributed by atoms with Crippen LogP contribution in [0.5, 0.6) is 5.75 Å². The van der Waals surface area contributed by atoms with Gasteiger partial charge in [0.25, 0.3) is 0 Å². The third kappa shape index (κ3) is 4.79. The van der Waals surface area contributed by atoms with Gasteiger partial charge in [0.1, 0.15) is 12.0 Å². The minimum absolute atomic E-state index is 0.694. The standard InChI is InChI=1S/C19H28N2O2/c22-16-17-6-8-19(9-7-17)23-14-4-3-10-20-12-13-21-11-2-1-5-18(21)15-20/h6-9,16,18H,1-5,10-15H2. The summed E-state index contributed by atoms with van der Waals surface area (Å²) in [7, 11) is 0. The highest BCUT2D eigenvalue weighted by Crippen LogP contribution is 2.21. The molecule has 126 valence electrons. The summed E-state index contributed by atoms with van der Waals surface area (Å²) in [5.74, 6) is 0.853. The van der Waals surface area contributed by atoms with E-state index in [1.165, 1.54) is 58.4 Å². The smallest absolute Gasteiger partial charge is 0.150 e. The Morgan fingerprint density at radius 3 is 2.78 bits per heavy atom. The van der Waals surface area contributed by atoms with Crippen LogP contribution in [0.1, 0.15) is 42.5 Å². The summed E-state index contributed by atoms with van der Waals surface area (Å²) in [5, 5.41) is 0. The van der Waals surface area contributed by atoms with Crippen molar-refractivity contribution < 1.29 is 9.53 Å². The number of unbranched alkanes of at least 4 members (excludes halogenated alkanes) is 1. The van der Waals surface area contributed by atoms with Gasteiger partial charge in [-0.2, -0.15) is 0 Å². The molecular formula is C19H28N2O2. The largest absolute Gasteiger partial charge is 0.494 e. The van der Waals surface area contributed by atoms with E-state index >= 15 is 0 Å². The molecule has 1 aromatic carbocycles. The molecule has 1 unspecified atom stereocenters. The molecule has 2 heterocycles. The summed E-state index contributed by atoms with van der Waals surface area (Å²) >= 11 is 0. The zero-order valence-electron chi connectivity index (χ0n) is 14.0. The average molecular weight is 316 g/mol. The zero-order chi connectivity index (χ0) is 15.9. The first-order chi connectivity index (χ1) is 11.3. The molecule has 23 heavy (non-hydrogen) atoms. The molecule has 2 saturated heterocycles. The molecule has 2 aliphatic heterocycles. The summed E-state index contributed by atoms with van der Waals surface area (Å²) in [6.45, 7) is 7.00. The summed E-state index contributed by atoms with van der Waals surface area (Å²) in [6, 6.07) is 8.14. The highest BCUT2D eigenvalue weighted by molar-refractivity contribution is 5.74. The van der Waals surface area contributed by atoms with Gasteiger partial charge >= 0.3 is 0 Å². The number of ether oxygens (including phenoxy) is 1. The fourth-order valence-electron chi connectivity index (χ4n) is 3.69. The van der Waals surface area contributed by atoms with Gasteiger partial charge in [-0.05, 0) is 63.0 Å². The zero-order valence-corrected chi connectivity index (χ0v) is 14.0. The van der Waals surface area contributed by atoms with Crippen molar-refractivity contribution in [3.8, 4) is 5.75 Å². The average Bonchev–Trinajstić information content (AvgIpc) is 2.62. The van der Waals surface area contributed by atoms with Crippen LogP contribution >= 0.6 is 0 Å². The summed E-state index contributed by atoms with van der Waals surface area (Å²) in [6.07, 6.45) is 7.32. The number of aldehydes is 1. The molecule has 0 aliphatic carbocycles. The molecule has 4 heteroatoms. The molecule has 1 atom stereocenters. The third-order valence-electron chi connectivity index (χ3n) is 5.08. The van der Waals surface area contributed by atoms with Crippen LogP contribution in [-0.4, -0.2) is 61.5 Å². The van der Waals surface area contributed by atoms with Gasteiger partial charge in [0, 0.05) is 31.2 Å². The van der Waals surface area contributed by atoms with Crippen LogP contribution in [-0.2, 0) is 0 Å². The van der Waals surface area contributed by atoms with Crippen molar-refractivity contribution in [3.05, 3.63) is 29.8 Å². The van der Waals surface area contributed by atoms with Crippen LogP contribution in [0.25, 0.3) is 0 Å². The Kier molecular flexibility index (Phi) is 6.06. The maximum atomic E-state index is 10.6. The van der Waals surface area contributed by atoms with Gasteiger partial charge in [0.2, 0.25) is 0 Å².